The predicted octanol–water partition coefficient (Wildman–Crippen LogP) is 4.15. The summed E-state index contributed by atoms with van der Waals surface area (Å²) in [4.78, 5) is 25.9. The topological polar surface area (TPSA) is 66.8 Å². The van der Waals surface area contributed by atoms with E-state index in [4.69, 9.17) is 9.84 Å². The summed E-state index contributed by atoms with van der Waals surface area (Å²) in [6.45, 7) is 11.8. The Morgan fingerprint density at radius 2 is 1.95 bits per heavy atom. The van der Waals surface area contributed by atoms with Crippen LogP contribution in [0.4, 0.5) is 4.79 Å². The summed E-state index contributed by atoms with van der Waals surface area (Å²) in [6, 6.07) is -0.0648. The van der Waals surface area contributed by atoms with Crippen molar-refractivity contribution in [3.63, 3.8) is 0 Å². The summed E-state index contributed by atoms with van der Waals surface area (Å²) >= 11 is 1.39. The van der Waals surface area contributed by atoms with Gasteiger partial charge in [-0.05, 0) is 39.7 Å². The summed E-state index contributed by atoms with van der Waals surface area (Å²) in [5.41, 5.74) is 0.689. The van der Waals surface area contributed by atoms with Gasteiger partial charge in [-0.2, -0.15) is 0 Å². The quantitative estimate of drug-likeness (QED) is 0.841. The van der Waals surface area contributed by atoms with E-state index in [1.807, 2.05) is 41.5 Å². The zero-order valence-electron chi connectivity index (χ0n) is 14.1. The second-order valence-corrected chi connectivity index (χ2v) is 6.98. The van der Waals surface area contributed by atoms with Crippen LogP contribution in [0.25, 0.3) is 0 Å². The highest BCUT2D eigenvalue weighted by Crippen LogP contribution is 2.32. The Morgan fingerprint density at radius 3 is 2.45 bits per heavy atom. The maximum Gasteiger partial charge on any atom is 0.410 e. The Balaban J connectivity index is 0.00000116. The lowest BCUT2D eigenvalue weighted by Crippen LogP contribution is -2.44. The van der Waals surface area contributed by atoms with Crippen molar-refractivity contribution >= 4 is 23.4 Å². The molecule has 1 N–H and O–H groups in total. The molecule has 1 amide bonds. The predicted molar refractivity (Wildman–Crippen MR) is 87.6 cm³/mol. The Hall–Kier alpha value is -1.56. The van der Waals surface area contributed by atoms with Crippen LogP contribution in [0.3, 0.4) is 0 Å². The molecular weight excluding hydrogens is 302 g/mol. The Kier molecular flexibility index (Phi) is 6.00. The van der Waals surface area contributed by atoms with Crippen molar-refractivity contribution in [3.8, 4) is 0 Å². The van der Waals surface area contributed by atoms with Crippen LogP contribution in [0.2, 0.25) is 0 Å². The smallest absolute Gasteiger partial charge is 0.410 e. The first kappa shape index (κ1) is 18.5. The number of hydrogen-bond acceptors (Lipinski definition) is 4. The van der Waals surface area contributed by atoms with Gasteiger partial charge in [-0.3, -0.25) is 0 Å². The average Bonchev–Trinajstić information content (AvgIpc) is 2.80. The Labute approximate surface area is 135 Å². The van der Waals surface area contributed by atoms with E-state index in [1.54, 1.807) is 10.3 Å². The summed E-state index contributed by atoms with van der Waals surface area (Å²) in [6.07, 6.45) is 0.209. The number of fused-ring (bicyclic) bond motifs is 1. The van der Waals surface area contributed by atoms with Gasteiger partial charge < -0.3 is 14.7 Å². The van der Waals surface area contributed by atoms with Crippen LogP contribution in [-0.4, -0.2) is 33.7 Å². The van der Waals surface area contributed by atoms with E-state index in [1.165, 1.54) is 11.3 Å². The van der Waals surface area contributed by atoms with Gasteiger partial charge in [-0.15, -0.1) is 11.3 Å². The highest BCUT2D eigenvalue weighted by Gasteiger charge is 2.33. The highest BCUT2D eigenvalue weighted by atomic mass is 32.1. The fraction of sp³-hybridized carbons (Fsp3) is 0.625. The van der Waals surface area contributed by atoms with Crippen molar-refractivity contribution in [2.45, 2.75) is 66.2 Å². The number of carboxylic acids is 1. The SMILES string of the molecule is CC.CC1Cc2c(C(=O)O)csc2CN1C(=O)OC(C)(C)C. The van der Waals surface area contributed by atoms with Crippen molar-refractivity contribution in [1.82, 2.24) is 4.90 Å². The van der Waals surface area contributed by atoms with Crippen LogP contribution in [0, 0.1) is 0 Å². The molecule has 2 heterocycles. The Morgan fingerprint density at radius 1 is 1.36 bits per heavy atom. The standard InChI is InChI=1S/C14H19NO4S.C2H6/c1-8-5-9-10(12(16)17)7-20-11(9)6-15(8)13(18)19-14(2,3)4;1-2/h7-8H,5-6H2,1-4H3,(H,16,17);1-2H3. The fourth-order valence-corrected chi connectivity index (χ4v) is 3.29. The first-order valence-electron chi connectivity index (χ1n) is 7.51. The van der Waals surface area contributed by atoms with Gasteiger partial charge in [0.2, 0.25) is 0 Å². The first-order valence-corrected chi connectivity index (χ1v) is 8.39. The molecule has 1 aliphatic rings. The zero-order chi connectivity index (χ0) is 17.1. The van der Waals surface area contributed by atoms with Gasteiger partial charge in [-0.1, -0.05) is 13.8 Å². The third-order valence-electron chi connectivity index (χ3n) is 3.18. The number of hydrogen-bond donors (Lipinski definition) is 1. The number of rotatable bonds is 1. The van der Waals surface area contributed by atoms with E-state index >= 15 is 0 Å². The summed E-state index contributed by atoms with van der Waals surface area (Å²) in [5, 5.41) is 10.8. The van der Waals surface area contributed by atoms with Gasteiger partial charge in [0.15, 0.2) is 0 Å². The minimum atomic E-state index is -0.902. The molecule has 1 atom stereocenters. The van der Waals surface area contributed by atoms with Crippen LogP contribution in [0.15, 0.2) is 5.38 Å². The second-order valence-electron chi connectivity index (χ2n) is 6.02. The molecule has 0 saturated heterocycles. The number of nitrogens with zero attached hydrogens (tertiary/aromatic N) is 1. The molecule has 2 rings (SSSR count). The van der Waals surface area contributed by atoms with E-state index in [0.29, 0.717) is 18.5 Å². The maximum atomic E-state index is 12.2. The number of ether oxygens (including phenoxy) is 1. The molecule has 0 spiro atoms. The van der Waals surface area contributed by atoms with E-state index in [-0.39, 0.29) is 12.1 Å². The van der Waals surface area contributed by atoms with Crippen molar-refractivity contribution in [2.24, 2.45) is 0 Å². The van der Waals surface area contributed by atoms with E-state index < -0.39 is 11.6 Å². The molecule has 0 aromatic carbocycles. The van der Waals surface area contributed by atoms with E-state index in [2.05, 4.69) is 0 Å². The lowest BCUT2D eigenvalue weighted by atomic mass is 9.98. The average molecular weight is 327 g/mol. The number of carbonyl (C=O) groups excluding carboxylic acids is 1. The molecule has 0 fully saturated rings. The summed E-state index contributed by atoms with van der Waals surface area (Å²) in [7, 11) is 0. The van der Waals surface area contributed by atoms with Crippen molar-refractivity contribution in [2.75, 3.05) is 0 Å². The summed E-state index contributed by atoms with van der Waals surface area (Å²) < 4.78 is 5.39. The van der Waals surface area contributed by atoms with Crippen LogP contribution in [0.1, 0.15) is 62.3 Å². The Bertz CT molecular complexity index is 545. The van der Waals surface area contributed by atoms with Gasteiger partial charge in [0.25, 0.3) is 0 Å². The molecular formula is C16H25NO4S. The third-order valence-corrected chi connectivity index (χ3v) is 4.20. The van der Waals surface area contributed by atoms with Gasteiger partial charge >= 0.3 is 12.1 Å². The van der Waals surface area contributed by atoms with Gasteiger partial charge in [-0.25, -0.2) is 9.59 Å². The zero-order valence-corrected chi connectivity index (χ0v) is 14.9. The summed E-state index contributed by atoms with van der Waals surface area (Å²) in [5.74, 6) is -0.902. The van der Waals surface area contributed by atoms with Gasteiger partial charge in [0.05, 0.1) is 12.1 Å². The molecule has 1 unspecified atom stereocenters. The maximum absolute atomic E-state index is 12.2. The second kappa shape index (κ2) is 7.13. The van der Waals surface area contributed by atoms with Gasteiger partial charge in [0.1, 0.15) is 5.60 Å². The van der Waals surface area contributed by atoms with Crippen LogP contribution in [0.5, 0.6) is 0 Å². The number of carboxylic acid groups (broad SMARTS) is 1. The number of thiophene rings is 1. The van der Waals surface area contributed by atoms with Crippen LogP contribution in [-0.2, 0) is 17.7 Å². The van der Waals surface area contributed by atoms with Crippen LogP contribution < -0.4 is 0 Å². The molecule has 124 valence electrons. The number of aromatic carboxylic acids is 1. The normalized spacial score (nSPS) is 17.2. The highest BCUT2D eigenvalue weighted by molar-refractivity contribution is 7.10. The molecule has 5 nitrogen and oxygen atoms in total. The number of carbonyl (C=O) groups is 2. The van der Waals surface area contributed by atoms with E-state index in [9.17, 15) is 9.59 Å². The molecule has 1 aromatic heterocycles. The van der Waals surface area contributed by atoms with Crippen molar-refractivity contribution < 1.29 is 19.4 Å². The monoisotopic (exact) mass is 327 g/mol. The largest absolute Gasteiger partial charge is 0.478 e. The number of amides is 1. The lowest BCUT2D eigenvalue weighted by molar-refractivity contribution is 0.0142. The molecule has 1 aromatic rings. The molecule has 22 heavy (non-hydrogen) atoms. The first-order chi connectivity index (χ1) is 10.2. The minimum absolute atomic E-state index is 0.0648. The molecule has 0 bridgehead atoms. The van der Waals surface area contributed by atoms with Crippen molar-refractivity contribution in [1.29, 1.82) is 0 Å². The van der Waals surface area contributed by atoms with E-state index in [0.717, 1.165) is 10.4 Å². The molecule has 0 saturated carbocycles. The molecule has 0 aliphatic carbocycles. The fourth-order valence-electron chi connectivity index (χ4n) is 2.24. The third kappa shape index (κ3) is 4.22. The van der Waals surface area contributed by atoms with Crippen molar-refractivity contribution in [3.05, 3.63) is 21.4 Å². The minimum Gasteiger partial charge on any atom is -0.478 e. The molecule has 0 radical (unpaired) electrons. The lowest BCUT2D eigenvalue weighted by Gasteiger charge is -2.35. The van der Waals surface area contributed by atoms with Crippen LogP contribution >= 0.6 is 11.3 Å². The van der Waals surface area contributed by atoms with Gasteiger partial charge in [0, 0.05) is 16.3 Å². The molecule has 6 heteroatoms. The molecule has 1 aliphatic heterocycles.